The van der Waals surface area contributed by atoms with E-state index in [-0.39, 0.29) is 12.1 Å². The van der Waals surface area contributed by atoms with Gasteiger partial charge < -0.3 is 9.64 Å². The van der Waals surface area contributed by atoms with Crippen molar-refractivity contribution < 1.29 is 9.53 Å². The van der Waals surface area contributed by atoms with Gasteiger partial charge in [-0.05, 0) is 58.7 Å². The number of cyclic esters (lactones) is 1. The van der Waals surface area contributed by atoms with Gasteiger partial charge in [-0.2, -0.15) is 0 Å². The van der Waals surface area contributed by atoms with Crippen LogP contribution in [0.2, 0.25) is 0 Å². The fourth-order valence-electron chi connectivity index (χ4n) is 4.33. The van der Waals surface area contributed by atoms with Crippen molar-refractivity contribution in [2.45, 2.75) is 58.0 Å². The summed E-state index contributed by atoms with van der Waals surface area (Å²) in [6, 6.07) is 12.6. The smallest absolute Gasteiger partial charge is 0.415 e. The molecule has 1 atom stereocenters. The van der Waals surface area contributed by atoms with Crippen molar-refractivity contribution in [3.05, 3.63) is 53.5 Å². The van der Waals surface area contributed by atoms with E-state index in [1.54, 1.807) is 4.90 Å². The quantitative estimate of drug-likeness (QED) is 0.769. The summed E-state index contributed by atoms with van der Waals surface area (Å²) in [6.07, 6.45) is 2.54. The number of nitrogens with zero attached hydrogens (tertiary/aromatic N) is 4. The van der Waals surface area contributed by atoms with E-state index < -0.39 is 0 Å². The molecule has 0 aliphatic carbocycles. The van der Waals surface area contributed by atoms with Gasteiger partial charge in [0.05, 0.1) is 6.04 Å². The molecule has 0 radical (unpaired) electrons. The summed E-state index contributed by atoms with van der Waals surface area (Å²) >= 11 is 0. The molecule has 0 spiro atoms. The van der Waals surface area contributed by atoms with Crippen LogP contribution in [-0.2, 0) is 11.2 Å². The molecule has 2 saturated heterocycles. The largest absolute Gasteiger partial charge is 0.447 e. The van der Waals surface area contributed by atoms with Gasteiger partial charge in [-0.1, -0.05) is 30.3 Å². The Bertz CT molecular complexity index is 847. The van der Waals surface area contributed by atoms with Crippen LogP contribution in [0.3, 0.4) is 0 Å². The van der Waals surface area contributed by atoms with E-state index in [1.807, 2.05) is 31.2 Å². The highest BCUT2D eigenvalue weighted by atomic mass is 16.6. The van der Waals surface area contributed by atoms with E-state index in [0.29, 0.717) is 24.4 Å². The first-order chi connectivity index (χ1) is 14.0. The fraction of sp³-hybridized carbons (Fsp3) is 0.522. The average molecular weight is 395 g/mol. The maximum absolute atomic E-state index is 12.5. The minimum absolute atomic E-state index is 0.0464. The van der Waals surface area contributed by atoms with Crippen LogP contribution >= 0.6 is 0 Å². The average Bonchev–Trinajstić information content (AvgIpc) is 3.08. The molecule has 2 fully saturated rings. The van der Waals surface area contributed by atoms with Gasteiger partial charge in [0.1, 0.15) is 18.2 Å². The number of likely N-dealkylation sites (tertiary alicyclic amines) is 1. The van der Waals surface area contributed by atoms with Crippen LogP contribution in [0, 0.1) is 6.92 Å². The summed E-state index contributed by atoms with van der Waals surface area (Å²) in [5.41, 5.74) is 2.09. The first kappa shape index (κ1) is 19.8. The van der Waals surface area contributed by atoms with Crippen molar-refractivity contribution in [1.29, 1.82) is 0 Å². The van der Waals surface area contributed by atoms with Crippen LogP contribution in [-0.4, -0.2) is 52.7 Å². The molecule has 0 unspecified atom stereocenters. The molecular weight excluding hydrogens is 364 g/mol. The molecule has 2 aliphatic heterocycles. The van der Waals surface area contributed by atoms with Gasteiger partial charge in [0.25, 0.3) is 0 Å². The van der Waals surface area contributed by atoms with Crippen molar-refractivity contribution in [2.24, 2.45) is 0 Å². The molecule has 4 rings (SSSR count). The Morgan fingerprint density at radius 3 is 2.55 bits per heavy atom. The Labute approximate surface area is 172 Å². The number of hydrogen-bond donors (Lipinski definition) is 0. The van der Waals surface area contributed by atoms with E-state index in [2.05, 4.69) is 30.9 Å². The van der Waals surface area contributed by atoms with Gasteiger partial charge in [-0.25, -0.2) is 14.8 Å². The van der Waals surface area contributed by atoms with E-state index in [1.165, 1.54) is 5.56 Å². The predicted molar refractivity (Wildman–Crippen MR) is 113 cm³/mol. The summed E-state index contributed by atoms with van der Waals surface area (Å²) in [5, 5.41) is 0. The van der Waals surface area contributed by atoms with E-state index >= 15 is 0 Å². The van der Waals surface area contributed by atoms with Crippen molar-refractivity contribution >= 4 is 11.9 Å². The Hall–Kier alpha value is -2.47. The van der Waals surface area contributed by atoms with Crippen LogP contribution in [0.15, 0.2) is 36.4 Å². The third kappa shape index (κ3) is 4.42. The first-order valence-electron chi connectivity index (χ1n) is 10.6. The molecule has 29 heavy (non-hydrogen) atoms. The Morgan fingerprint density at radius 1 is 1.14 bits per heavy atom. The summed E-state index contributed by atoms with van der Waals surface area (Å²) in [7, 11) is 0. The second kappa shape index (κ2) is 8.49. The summed E-state index contributed by atoms with van der Waals surface area (Å²) in [5.74, 6) is 1.87. The lowest BCUT2D eigenvalue weighted by Gasteiger charge is -2.34. The van der Waals surface area contributed by atoms with Crippen LogP contribution < -0.4 is 4.90 Å². The molecule has 0 N–H and O–H groups in total. The van der Waals surface area contributed by atoms with Gasteiger partial charge >= 0.3 is 6.09 Å². The molecule has 0 bridgehead atoms. The minimum atomic E-state index is -0.315. The first-order valence-corrected chi connectivity index (χ1v) is 10.6. The molecule has 154 valence electrons. The van der Waals surface area contributed by atoms with Crippen LogP contribution in [0.1, 0.15) is 49.7 Å². The van der Waals surface area contributed by atoms with Crippen molar-refractivity contribution in [3.63, 3.8) is 0 Å². The van der Waals surface area contributed by atoms with Gasteiger partial charge in [-0.15, -0.1) is 0 Å². The zero-order valence-corrected chi connectivity index (χ0v) is 17.5. The third-order valence-corrected chi connectivity index (χ3v) is 6.00. The SMILES string of the molecule is Cc1cc(N2C(=O)OC[C@@H]2Cc2ccccc2)nc(C2CCN(C(C)C)CC2)n1. The number of aromatic nitrogens is 2. The zero-order chi connectivity index (χ0) is 20.4. The Morgan fingerprint density at radius 2 is 1.86 bits per heavy atom. The molecule has 6 heteroatoms. The molecular formula is C23H30N4O2. The lowest BCUT2D eigenvalue weighted by Crippen LogP contribution is -2.38. The number of ether oxygens (including phenoxy) is 1. The van der Waals surface area contributed by atoms with Crippen molar-refractivity contribution in [3.8, 4) is 0 Å². The molecule has 1 amide bonds. The fourth-order valence-corrected chi connectivity index (χ4v) is 4.33. The number of piperidine rings is 1. The molecule has 0 saturated carbocycles. The van der Waals surface area contributed by atoms with Crippen molar-refractivity contribution in [2.75, 3.05) is 24.6 Å². The van der Waals surface area contributed by atoms with E-state index in [0.717, 1.165) is 43.9 Å². The second-order valence-corrected chi connectivity index (χ2v) is 8.42. The molecule has 3 heterocycles. The molecule has 1 aromatic heterocycles. The topological polar surface area (TPSA) is 58.6 Å². The summed E-state index contributed by atoms with van der Waals surface area (Å²) < 4.78 is 5.39. The highest BCUT2D eigenvalue weighted by molar-refractivity contribution is 5.89. The normalized spacial score (nSPS) is 21.0. The summed E-state index contributed by atoms with van der Waals surface area (Å²) in [4.78, 5) is 26.3. The zero-order valence-electron chi connectivity index (χ0n) is 17.5. The highest BCUT2D eigenvalue weighted by Gasteiger charge is 2.36. The number of aryl methyl sites for hydroxylation is 1. The highest BCUT2D eigenvalue weighted by Crippen LogP contribution is 2.30. The van der Waals surface area contributed by atoms with Crippen LogP contribution in [0.4, 0.5) is 10.6 Å². The monoisotopic (exact) mass is 394 g/mol. The minimum Gasteiger partial charge on any atom is -0.447 e. The second-order valence-electron chi connectivity index (χ2n) is 8.42. The third-order valence-electron chi connectivity index (χ3n) is 6.00. The van der Waals surface area contributed by atoms with Crippen LogP contribution in [0.25, 0.3) is 0 Å². The van der Waals surface area contributed by atoms with Crippen molar-refractivity contribution in [1.82, 2.24) is 14.9 Å². The number of amides is 1. The van der Waals surface area contributed by atoms with Gasteiger partial charge in [0.15, 0.2) is 0 Å². The van der Waals surface area contributed by atoms with Gasteiger partial charge in [0, 0.05) is 23.7 Å². The van der Waals surface area contributed by atoms with E-state index in [9.17, 15) is 4.79 Å². The van der Waals surface area contributed by atoms with Gasteiger partial charge in [-0.3, -0.25) is 4.90 Å². The number of rotatable bonds is 5. The molecule has 1 aromatic carbocycles. The predicted octanol–water partition coefficient (Wildman–Crippen LogP) is 3.94. The Kier molecular flexibility index (Phi) is 5.81. The Balaban J connectivity index is 1.55. The summed E-state index contributed by atoms with van der Waals surface area (Å²) in [6.45, 7) is 8.99. The molecule has 2 aromatic rings. The molecule has 6 nitrogen and oxygen atoms in total. The number of hydrogen-bond acceptors (Lipinski definition) is 5. The lowest BCUT2D eigenvalue weighted by atomic mass is 9.95. The molecule has 2 aliphatic rings. The number of carbonyl (C=O) groups is 1. The lowest BCUT2D eigenvalue weighted by molar-refractivity contribution is 0.169. The number of benzene rings is 1. The van der Waals surface area contributed by atoms with E-state index in [4.69, 9.17) is 14.7 Å². The number of carbonyl (C=O) groups excluding carboxylic acids is 1. The maximum atomic E-state index is 12.5. The van der Waals surface area contributed by atoms with Gasteiger partial charge in [0.2, 0.25) is 0 Å². The number of anilines is 1. The standard InChI is InChI=1S/C23H30N4O2/c1-16(2)26-11-9-19(10-12-26)22-24-17(3)13-21(25-22)27-20(15-29-23(27)28)14-18-7-5-4-6-8-18/h4-8,13,16,19-20H,9-12,14-15H2,1-3H3/t20-/m0/s1. The maximum Gasteiger partial charge on any atom is 0.415 e. The van der Waals surface area contributed by atoms with Crippen LogP contribution in [0.5, 0.6) is 0 Å².